The molecule has 0 bridgehead atoms. The first-order valence-electron chi connectivity index (χ1n) is 6.67. The van der Waals surface area contributed by atoms with E-state index in [4.69, 9.17) is 23.2 Å². The standard InChI is InChI=1S/C15H17Cl2N3O2/c1-18(8-10-4-11(16)6-12(17)5-10)9-13-7-14(21)20(3)15(22)19(13)2/h4-7H,8-9H2,1-3H3. The molecule has 0 amide bonds. The molecular weight excluding hydrogens is 325 g/mol. The lowest BCUT2D eigenvalue weighted by Crippen LogP contribution is -2.39. The van der Waals surface area contributed by atoms with Gasteiger partial charge in [-0.1, -0.05) is 23.2 Å². The zero-order valence-electron chi connectivity index (χ0n) is 12.6. The van der Waals surface area contributed by atoms with E-state index >= 15 is 0 Å². The van der Waals surface area contributed by atoms with Gasteiger partial charge in [0.1, 0.15) is 0 Å². The zero-order chi connectivity index (χ0) is 16.4. The van der Waals surface area contributed by atoms with Crippen molar-refractivity contribution in [1.29, 1.82) is 0 Å². The van der Waals surface area contributed by atoms with Gasteiger partial charge >= 0.3 is 5.69 Å². The van der Waals surface area contributed by atoms with Gasteiger partial charge in [0.25, 0.3) is 5.56 Å². The fraction of sp³-hybridized carbons (Fsp3) is 0.333. The lowest BCUT2D eigenvalue weighted by atomic mass is 10.2. The van der Waals surface area contributed by atoms with Crippen molar-refractivity contribution in [2.75, 3.05) is 7.05 Å². The second-order valence-corrected chi connectivity index (χ2v) is 6.20. The van der Waals surface area contributed by atoms with Crippen LogP contribution in [0, 0.1) is 0 Å². The Morgan fingerprint density at radius 3 is 2.14 bits per heavy atom. The number of rotatable bonds is 4. The van der Waals surface area contributed by atoms with Gasteiger partial charge in [0.05, 0.1) is 0 Å². The molecule has 118 valence electrons. The normalized spacial score (nSPS) is 11.2. The Kier molecular flexibility index (Phi) is 5.11. The molecule has 0 radical (unpaired) electrons. The van der Waals surface area contributed by atoms with Gasteiger partial charge in [0.2, 0.25) is 0 Å². The highest BCUT2D eigenvalue weighted by atomic mass is 35.5. The van der Waals surface area contributed by atoms with Crippen molar-refractivity contribution >= 4 is 23.2 Å². The van der Waals surface area contributed by atoms with Gasteiger partial charge in [-0.3, -0.25) is 18.8 Å². The molecule has 0 saturated heterocycles. The highest BCUT2D eigenvalue weighted by Gasteiger charge is 2.09. The Bertz CT molecular complexity index is 791. The van der Waals surface area contributed by atoms with E-state index in [1.165, 1.54) is 17.7 Å². The summed E-state index contributed by atoms with van der Waals surface area (Å²) in [6.45, 7) is 1.07. The Labute approximate surface area is 138 Å². The van der Waals surface area contributed by atoms with Gasteiger partial charge in [-0.2, -0.15) is 0 Å². The van der Waals surface area contributed by atoms with Crippen LogP contribution in [0.15, 0.2) is 33.9 Å². The van der Waals surface area contributed by atoms with E-state index < -0.39 is 0 Å². The van der Waals surface area contributed by atoms with E-state index in [9.17, 15) is 9.59 Å². The average Bonchev–Trinajstić information content (AvgIpc) is 2.41. The molecule has 7 heteroatoms. The highest BCUT2D eigenvalue weighted by molar-refractivity contribution is 6.34. The van der Waals surface area contributed by atoms with Crippen molar-refractivity contribution in [2.24, 2.45) is 14.1 Å². The van der Waals surface area contributed by atoms with Crippen LogP contribution in [0.3, 0.4) is 0 Å². The molecule has 0 aliphatic carbocycles. The van der Waals surface area contributed by atoms with Gasteiger partial charge in [0, 0.05) is 49.0 Å². The van der Waals surface area contributed by atoms with Crippen LogP contribution in [0.2, 0.25) is 10.0 Å². The monoisotopic (exact) mass is 341 g/mol. The molecule has 1 aromatic carbocycles. The summed E-state index contributed by atoms with van der Waals surface area (Å²) in [6, 6.07) is 6.83. The average molecular weight is 342 g/mol. The van der Waals surface area contributed by atoms with Crippen LogP contribution < -0.4 is 11.2 Å². The van der Waals surface area contributed by atoms with Crippen LogP contribution in [0.25, 0.3) is 0 Å². The smallest absolute Gasteiger partial charge is 0.299 e. The lowest BCUT2D eigenvalue weighted by Gasteiger charge is -2.19. The number of hydrogen-bond acceptors (Lipinski definition) is 3. The van der Waals surface area contributed by atoms with Crippen LogP contribution in [0.5, 0.6) is 0 Å². The first-order valence-corrected chi connectivity index (χ1v) is 7.43. The summed E-state index contributed by atoms with van der Waals surface area (Å²) in [5, 5.41) is 1.16. The van der Waals surface area contributed by atoms with Crippen LogP contribution in [0.1, 0.15) is 11.3 Å². The van der Waals surface area contributed by atoms with E-state index in [0.29, 0.717) is 28.8 Å². The summed E-state index contributed by atoms with van der Waals surface area (Å²) in [7, 11) is 5.02. The van der Waals surface area contributed by atoms with Crippen LogP contribution in [0.4, 0.5) is 0 Å². The van der Waals surface area contributed by atoms with E-state index in [2.05, 4.69) is 0 Å². The highest BCUT2D eigenvalue weighted by Crippen LogP contribution is 2.20. The molecule has 2 rings (SSSR count). The number of hydrogen-bond donors (Lipinski definition) is 0. The molecule has 0 aliphatic rings. The number of nitrogens with zero attached hydrogens (tertiary/aromatic N) is 3. The van der Waals surface area contributed by atoms with Gasteiger partial charge in [-0.25, -0.2) is 4.79 Å². The van der Waals surface area contributed by atoms with Crippen LogP contribution in [-0.2, 0) is 27.2 Å². The molecule has 0 fully saturated rings. The van der Waals surface area contributed by atoms with Gasteiger partial charge in [-0.15, -0.1) is 0 Å². The fourth-order valence-electron chi connectivity index (χ4n) is 2.28. The molecule has 22 heavy (non-hydrogen) atoms. The fourth-order valence-corrected chi connectivity index (χ4v) is 2.85. The maximum absolute atomic E-state index is 11.9. The van der Waals surface area contributed by atoms with Crippen molar-refractivity contribution in [3.05, 3.63) is 66.4 Å². The summed E-state index contributed by atoms with van der Waals surface area (Å²) in [4.78, 5) is 25.6. The summed E-state index contributed by atoms with van der Waals surface area (Å²) in [5.74, 6) is 0. The van der Waals surface area contributed by atoms with Gasteiger partial charge in [0.15, 0.2) is 0 Å². The Morgan fingerprint density at radius 2 is 1.55 bits per heavy atom. The molecule has 0 N–H and O–H groups in total. The summed E-state index contributed by atoms with van der Waals surface area (Å²) in [5.41, 5.74) is 0.983. The maximum Gasteiger partial charge on any atom is 0.330 e. The van der Waals surface area contributed by atoms with Crippen molar-refractivity contribution in [2.45, 2.75) is 13.1 Å². The molecule has 5 nitrogen and oxygen atoms in total. The molecule has 1 aromatic heterocycles. The Hall–Kier alpha value is -1.56. The third-order valence-corrected chi connectivity index (χ3v) is 3.87. The van der Waals surface area contributed by atoms with Gasteiger partial charge in [-0.05, 0) is 30.8 Å². The molecular formula is C15H17Cl2N3O2. The predicted molar refractivity (Wildman–Crippen MR) is 88.6 cm³/mol. The van der Waals surface area contributed by atoms with Crippen molar-refractivity contribution in [3.8, 4) is 0 Å². The third kappa shape index (κ3) is 3.80. The molecule has 0 atom stereocenters. The van der Waals surface area contributed by atoms with Crippen LogP contribution >= 0.6 is 23.2 Å². The minimum Gasteiger partial charge on any atom is -0.299 e. The molecule has 0 saturated carbocycles. The quantitative estimate of drug-likeness (QED) is 0.854. The number of halogens is 2. The summed E-state index contributed by atoms with van der Waals surface area (Å²) in [6.07, 6.45) is 0. The van der Waals surface area contributed by atoms with Gasteiger partial charge < -0.3 is 0 Å². The van der Waals surface area contributed by atoms with E-state index in [-0.39, 0.29) is 11.2 Å². The van der Waals surface area contributed by atoms with Crippen LogP contribution in [-0.4, -0.2) is 21.1 Å². The summed E-state index contributed by atoms with van der Waals surface area (Å²) >= 11 is 12.0. The zero-order valence-corrected chi connectivity index (χ0v) is 14.1. The SMILES string of the molecule is CN(Cc1cc(Cl)cc(Cl)c1)Cc1cc(=O)n(C)c(=O)n1C. The first kappa shape index (κ1) is 16.8. The summed E-state index contributed by atoms with van der Waals surface area (Å²) < 4.78 is 2.56. The van der Waals surface area contributed by atoms with Crippen molar-refractivity contribution < 1.29 is 0 Å². The second kappa shape index (κ2) is 6.69. The first-order chi connectivity index (χ1) is 10.3. The largest absolute Gasteiger partial charge is 0.330 e. The minimum atomic E-state index is -0.332. The predicted octanol–water partition coefficient (Wildman–Crippen LogP) is 2.02. The number of benzene rings is 1. The maximum atomic E-state index is 11.9. The molecule has 0 unspecified atom stereocenters. The second-order valence-electron chi connectivity index (χ2n) is 5.32. The minimum absolute atomic E-state index is 0.308. The third-order valence-electron chi connectivity index (χ3n) is 3.43. The Morgan fingerprint density at radius 1 is 0.955 bits per heavy atom. The van der Waals surface area contributed by atoms with Crippen molar-refractivity contribution in [3.63, 3.8) is 0 Å². The molecule has 0 spiro atoms. The van der Waals surface area contributed by atoms with Crippen molar-refractivity contribution in [1.82, 2.24) is 14.0 Å². The van der Waals surface area contributed by atoms with E-state index in [1.807, 2.05) is 24.1 Å². The van der Waals surface area contributed by atoms with E-state index in [0.717, 1.165) is 10.1 Å². The number of aromatic nitrogens is 2. The lowest BCUT2D eigenvalue weighted by molar-refractivity contribution is 0.308. The molecule has 1 heterocycles. The van der Waals surface area contributed by atoms with E-state index in [1.54, 1.807) is 13.1 Å². The topological polar surface area (TPSA) is 47.2 Å². The molecule has 0 aliphatic heterocycles. The molecule has 2 aromatic rings. The Balaban J connectivity index is 2.21.